The van der Waals surface area contributed by atoms with Gasteiger partial charge in [-0.3, -0.25) is 5.32 Å². The summed E-state index contributed by atoms with van der Waals surface area (Å²) in [6.07, 6.45) is -0.400. The number of aliphatic hydroxyl groups is 1. The van der Waals surface area contributed by atoms with Crippen molar-refractivity contribution in [3.8, 4) is 21.0 Å². The average Bonchev–Trinajstić information content (AvgIpc) is 3.31. The number of halogens is 1. The number of carbonyl (C=O) groups excluding carboxylic acids is 1. The highest BCUT2D eigenvalue weighted by molar-refractivity contribution is 7.89. The van der Waals surface area contributed by atoms with Crippen molar-refractivity contribution in [1.29, 1.82) is 0 Å². The van der Waals surface area contributed by atoms with Gasteiger partial charge in [-0.2, -0.15) is 0 Å². The van der Waals surface area contributed by atoms with Crippen molar-refractivity contribution >= 4 is 50.4 Å². The van der Waals surface area contributed by atoms with Gasteiger partial charge in [-0.1, -0.05) is 6.07 Å². The van der Waals surface area contributed by atoms with Crippen LogP contribution in [0.2, 0.25) is 0 Å². The number of rotatable bonds is 11. The summed E-state index contributed by atoms with van der Waals surface area (Å²) in [6.45, 7) is 8.90. The molecule has 13 heteroatoms. The lowest BCUT2D eigenvalue weighted by Gasteiger charge is -2.22. The maximum Gasteiger partial charge on any atom is 0.411 e. The smallest absolute Gasteiger partial charge is 0.411 e. The zero-order valence-electron chi connectivity index (χ0n) is 22.3. The summed E-state index contributed by atoms with van der Waals surface area (Å²) in [7, 11) is -3.98. The van der Waals surface area contributed by atoms with Gasteiger partial charge < -0.3 is 19.9 Å². The van der Waals surface area contributed by atoms with E-state index >= 15 is 0 Å². The molecular weight excluding hydrogens is 564 g/mol. The third kappa shape index (κ3) is 9.16. The molecular formula is C26H33ClN4O6S2. The van der Waals surface area contributed by atoms with Crippen LogP contribution < -0.4 is 15.4 Å². The molecule has 0 bridgehead atoms. The minimum atomic E-state index is -3.98. The summed E-state index contributed by atoms with van der Waals surface area (Å²) < 4.78 is 39.7. The van der Waals surface area contributed by atoms with Crippen molar-refractivity contribution < 1.29 is 27.8 Å². The Balaban J connectivity index is 1.92. The van der Waals surface area contributed by atoms with Gasteiger partial charge in [-0.05, 0) is 71.0 Å². The topological polar surface area (TPSA) is 139 Å². The molecule has 0 spiro atoms. The molecule has 39 heavy (non-hydrogen) atoms. The molecule has 0 fully saturated rings. The molecule has 3 rings (SSSR count). The number of benzene rings is 2. The lowest BCUT2D eigenvalue weighted by molar-refractivity contribution is -0.105. The molecule has 0 aliphatic carbocycles. The minimum absolute atomic E-state index is 0.0125. The van der Waals surface area contributed by atoms with Crippen LogP contribution in [0.3, 0.4) is 0 Å². The summed E-state index contributed by atoms with van der Waals surface area (Å²) in [5.41, 5.74) is 1.43. The van der Waals surface area contributed by atoms with E-state index in [2.05, 4.69) is 20.3 Å². The van der Waals surface area contributed by atoms with E-state index in [9.17, 15) is 18.3 Å². The summed E-state index contributed by atoms with van der Waals surface area (Å²) >= 11 is 6.88. The fraction of sp³-hybridized carbons (Fsp3) is 0.385. The molecule has 0 saturated heterocycles. The van der Waals surface area contributed by atoms with Gasteiger partial charge in [0.1, 0.15) is 11.6 Å². The van der Waals surface area contributed by atoms with Crippen molar-refractivity contribution in [3.63, 3.8) is 0 Å². The predicted octanol–water partition coefficient (Wildman–Crippen LogP) is 5.45. The molecule has 3 aromatic rings. The molecule has 212 valence electrons. The van der Waals surface area contributed by atoms with Gasteiger partial charge in [-0.15, -0.1) is 22.9 Å². The Morgan fingerprint density at radius 3 is 2.41 bits per heavy atom. The van der Waals surface area contributed by atoms with Crippen molar-refractivity contribution in [3.05, 3.63) is 48.7 Å². The van der Waals surface area contributed by atoms with Gasteiger partial charge in [0.25, 0.3) is 0 Å². The van der Waals surface area contributed by atoms with Crippen molar-refractivity contribution in [2.24, 2.45) is 0 Å². The number of anilines is 2. The second-order valence-electron chi connectivity index (χ2n) is 9.80. The normalized spacial score (nSPS) is 12.8. The fourth-order valence-corrected chi connectivity index (χ4v) is 6.21. The number of nitrogens with zero attached hydrogens (tertiary/aromatic N) is 1. The highest BCUT2D eigenvalue weighted by Gasteiger charge is 2.26. The first-order valence-electron chi connectivity index (χ1n) is 12.1. The summed E-state index contributed by atoms with van der Waals surface area (Å²) in [5, 5.41) is 16.0. The maximum atomic E-state index is 13.4. The first-order valence-corrected chi connectivity index (χ1v) is 15.0. The number of hydrogen-bond donors (Lipinski definition) is 4. The number of ether oxygens (including phenoxy) is 2. The lowest BCUT2D eigenvalue weighted by Crippen LogP contribution is -2.40. The number of hydrogen-bond acceptors (Lipinski definition) is 9. The molecule has 0 radical (unpaired) electrons. The Labute approximate surface area is 237 Å². The highest BCUT2D eigenvalue weighted by atomic mass is 35.5. The van der Waals surface area contributed by atoms with Gasteiger partial charge in [0.15, 0.2) is 0 Å². The van der Waals surface area contributed by atoms with Crippen LogP contribution in [0.25, 0.3) is 21.0 Å². The zero-order chi connectivity index (χ0) is 28.8. The van der Waals surface area contributed by atoms with Crippen LogP contribution in [0.4, 0.5) is 16.2 Å². The van der Waals surface area contributed by atoms with E-state index in [1.54, 1.807) is 51.2 Å². The fourth-order valence-electron chi connectivity index (χ4n) is 3.44. The minimum Gasteiger partial charge on any atom is -0.448 e. The molecule has 0 aliphatic heterocycles. The second kappa shape index (κ2) is 13.1. The Morgan fingerprint density at radius 1 is 1.13 bits per heavy atom. The standard InChI is InChI=1S/C26H33ClN4O6S2/c1-16(2)37-25(33)29-18-8-6-17(7-9-18)23-28-15-21(38-23)20-11-10-19(30-24(32)36-13-12-27)14-22(20)39(34,35)31-26(3,4)5/h6-11,14-16,25,29,31,33H,12-13H2,1-5H3,(H,30,32). The maximum absolute atomic E-state index is 13.4. The molecule has 1 unspecified atom stereocenters. The molecule has 4 N–H and O–H groups in total. The quantitative estimate of drug-likeness (QED) is 0.169. The molecule has 1 aromatic heterocycles. The molecule has 0 saturated carbocycles. The number of thiazole rings is 1. The number of carbonyl (C=O) groups is 1. The predicted molar refractivity (Wildman–Crippen MR) is 155 cm³/mol. The van der Waals surface area contributed by atoms with E-state index in [0.717, 1.165) is 5.56 Å². The number of aliphatic hydroxyl groups excluding tert-OH is 1. The van der Waals surface area contributed by atoms with Crippen LogP contribution in [0, 0.1) is 0 Å². The molecule has 1 amide bonds. The number of alkyl halides is 1. The average molecular weight is 597 g/mol. The van der Waals surface area contributed by atoms with Gasteiger partial charge in [-0.25, -0.2) is 22.9 Å². The molecule has 2 aromatic carbocycles. The first kappa shape index (κ1) is 30.8. The third-order valence-electron chi connectivity index (χ3n) is 4.86. The Hall–Kier alpha value is -2.74. The Morgan fingerprint density at radius 2 is 1.79 bits per heavy atom. The molecule has 0 aliphatic rings. The Kier molecular flexibility index (Phi) is 10.3. The van der Waals surface area contributed by atoms with Crippen molar-refractivity contribution in [2.75, 3.05) is 23.1 Å². The summed E-state index contributed by atoms with van der Waals surface area (Å²) in [4.78, 5) is 17.1. The van der Waals surface area contributed by atoms with Crippen LogP contribution in [0.15, 0.2) is 53.6 Å². The van der Waals surface area contributed by atoms with Crippen LogP contribution in [0.1, 0.15) is 34.6 Å². The second-order valence-corrected chi connectivity index (χ2v) is 12.9. The van der Waals surface area contributed by atoms with Gasteiger partial charge >= 0.3 is 6.09 Å². The third-order valence-corrected chi connectivity index (χ3v) is 7.89. The van der Waals surface area contributed by atoms with Gasteiger partial charge in [0.05, 0.1) is 21.8 Å². The van der Waals surface area contributed by atoms with E-state index in [4.69, 9.17) is 21.1 Å². The molecule has 10 nitrogen and oxygen atoms in total. The highest BCUT2D eigenvalue weighted by Crippen LogP contribution is 2.37. The van der Waals surface area contributed by atoms with E-state index < -0.39 is 28.1 Å². The van der Waals surface area contributed by atoms with Crippen LogP contribution in [-0.4, -0.2) is 55.1 Å². The summed E-state index contributed by atoms with van der Waals surface area (Å²) in [6, 6.07) is 11.9. The first-order chi connectivity index (χ1) is 18.3. The van der Waals surface area contributed by atoms with Gasteiger partial charge in [0, 0.05) is 34.2 Å². The van der Waals surface area contributed by atoms with Gasteiger partial charge in [0.2, 0.25) is 16.4 Å². The number of amides is 1. The van der Waals surface area contributed by atoms with E-state index in [1.807, 2.05) is 26.0 Å². The lowest BCUT2D eigenvalue weighted by atomic mass is 10.1. The van der Waals surface area contributed by atoms with Crippen LogP contribution >= 0.6 is 22.9 Å². The van der Waals surface area contributed by atoms with Crippen molar-refractivity contribution in [2.45, 2.75) is 57.6 Å². The zero-order valence-corrected chi connectivity index (χ0v) is 24.7. The SMILES string of the molecule is CC(C)OC(O)Nc1ccc(-c2ncc(-c3ccc(NC(=O)OCCCl)cc3S(=O)(=O)NC(C)(C)C)s2)cc1. The summed E-state index contributed by atoms with van der Waals surface area (Å²) in [5.74, 6) is 0.142. The monoisotopic (exact) mass is 596 g/mol. The number of sulfonamides is 1. The number of aromatic nitrogens is 1. The molecule has 1 heterocycles. The van der Waals surface area contributed by atoms with Crippen molar-refractivity contribution in [1.82, 2.24) is 9.71 Å². The largest absolute Gasteiger partial charge is 0.448 e. The van der Waals surface area contributed by atoms with Crippen LogP contribution in [0.5, 0.6) is 0 Å². The van der Waals surface area contributed by atoms with E-state index in [1.165, 1.54) is 17.4 Å². The van der Waals surface area contributed by atoms with Crippen LogP contribution in [-0.2, 0) is 19.5 Å². The van der Waals surface area contributed by atoms with E-state index in [0.29, 0.717) is 21.1 Å². The Bertz CT molecular complexity index is 1370. The number of nitrogens with one attached hydrogen (secondary N) is 3. The van der Waals surface area contributed by atoms with E-state index in [-0.39, 0.29) is 29.2 Å². The molecule has 1 atom stereocenters.